The SMILES string of the molecule is C[C@@H]1CN(CC2CCN(c3ccc4c(c3)C(=O)N(C3CCC(=O)NC3=O)C4)CC2)C[C@H](C)N1C(=O)N1CCN2c3cc(-c4cc(F)cc(F)c4O)nnc3NC[C@H]2C1. The number of piperidine rings is 2. The van der Waals surface area contributed by atoms with E-state index in [2.05, 4.69) is 55.4 Å². The Balaban J connectivity index is 0.773. The number of imide groups is 1. The normalized spacial score (nSPS) is 25.3. The van der Waals surface area contributed by atoms with Crippen molar-refractivity contribution in [2.75, 3.05) is 74.0 Å². The van der Waals surface area contributed by atoms with Crippen LogP contribution in [0.1, 0.15) is 55.5 Å². The summed E-state index contributed by atoms with van der Waals surface area (Å²) in [5.74, 6) is -2.38. The highest BCUT2D eigenvalue weighted by Crippen LogP contribution is 2.38. The topological polar surface area (TPSA) is 158 Å². The number of phenolic OH excluding ortho intramolecular Hbond substituents is 1. The lowest BCUT2D eigenvalue weighted by Gasteiger charge is -2.50. The van der Waals surface area contributed by atoms with Crippen LogP contribution in [0.2, 0.25) is 0 Å². The van der Waals surface area contributed by atoms with Crippen molar-refractivity contribution in [1.29, 1.82) is 0 Å². The van der Waals surface area contributed by atoms with Crippen LogP contribution in [0.4, 0.5) is 30.8 Å². The smallest absolute Gasteiger partial charge is 0.320 e. The van der Waals surface area contributed by atoms with Gasteiger partial charge in [-0.2, -0.15) is 0 Å². The number of aromatic nitrogens is 2. The highest BCUT2D eigenvalue weighted by atomic mass is 19.1. The monoisotopic (exact) mass is 798 g/mol. The number of amides is 5. The van der Waals surface area contributed by atoms with Gasteiger partial charge in [0.1, 0.15) is 11.9 Å². The summed E-state index contributed by atoms with van der Waals surface area (Å²) in [7, 11) is 0. The molecule has 6 aliphatic heterocycles. The average Bonchev–Trinajstić information content (AvgIpc) is 3.53. The lowest BCUT2D eigenvalue weighted by molar-refractivity contribution is -0.136. The summed E-state index contributed by atoms with van der Waals surface area (Å²) in [6.07, 6.45) is 2.62. The van der Waals surface area contributed by atoms with Gasteiger partial charge in [-0.1, -0.05) is 6.07 Å². The predicted molar refractivity (Wildman–Crippen MR) is 210 cm³/mol. The summed E-state index contributed by atoms with van der Waals surface area (Å²) in [4.78, 5) is 64.2. The Labute approximate surface area is 334 Å². The second-order valence-corrected chi connectivity index (χ2v) is 16.7. The largest absolute Gasteiger partial charge is 0.504 e. The minimum Gasteiger partial charge on any atom is -0.504 e. The van der Waals surface area contributed by atoms with Crippen molar-refractivity contribution in [2.24, 2.45) is 5.92 Å². The Kier molecular flexibility index (Phi) is 9.80. The van der Waals surface area contributed by atoms with Crippen LogP contribution in [0.25, 0.3) is 11.3 Å². The molecule has 3 N–H and O–H groups in total. The predicted octanol–water partition coefficient (Wildman–Crippen LogP) is 3.24. The van der Waals surface area contributed by atoms with E-state index in [1.807, 2.05) is 21.9 Å². The standard InChI is InChI=1S/C41H48F2N10O5/c1-23-18-48(20-25-7-9-49(10-8-25)28-4-3-26-21-52(40(57)30(26)15-28)34-5-6-36(54)45-39(34)56)19-24(2)53(23)41(58)50-11-12-51-29(22-50)17-44-38-35(51)16-33(46-47-38)31-13-27(42)14-32(43)37(31)55/h3-4,13-16,23-25,29,34,55H,5-12,17-22H2,1-2H3,(H,44,47)(H,45,54,56)/t23-,24+,29-,34?/m0/s1. The molecule has 5 amide bonds. The lowest BCUT2D eigenvalue weighted by atomic mass is 9.94. The number of aromatic hydroxyl groups is 1. The van der Waals surface area contributed by atoms with Gasteiger partial charge in [-0.15, -0.1) is 10.2 Å². The van der Waals surface area contributed by atoms with Crippen LogP contribution in [0.3, 0.4) is 0 Å². The molecular formula is C41H48F2N10O5. The summed E-state index contributed by atoms with van der Waals surface area (Å²) >= 11 is 0. The minimum atomic E-state index is -1.07. The third kappa shape index (κ3) is 6.92. The summed E-state index contributed by atoms with van der Waals surface area (Å²) in [5.41, 5.74) is 3.34. The van der Waals surface area contributed by atoms with E-state index in [0.29, 0.717) is 68.2 Å². The fraction of sp³-hybridized carbons (Fsp3) is 0.512. The Bertz CT molecular complexity index is 2150. The number of urea groups is 1. The van der Waals surface area contributed by atoms with E-state index in [4.69, 9.17) is 0 Å². The summed E-state index contributed by atoms with van der Waals surface area (Å²) in [6, 6.07) is 8.76. The van der Waals surface area contributed by atoms with Crippen molar-refractivity contribution < 1.29 is 33.1 Å². The number of phenols is 1. The number of carbonyl (C=O) groups excluding carboxylic acids is 4. The van der Waals surface area contributed by atoms with Gasteiger partial charge in [0.2, 0.25) is 11.8 Å². The molecule has 1 aromatic heterocycles. The molecular weight excluding hydrogens is 751 g/mol. The van der Waals surface area contributed by atoms with Gasteiger partial charge in [0.15, 0.2) is 17.4 Å². The van der Waals surface area contributed by atoms with E-state index in [-0.39, 0.29) is 53.6 Å². The number of rotatable bonds is 5. The maximum atomic E-state index is 14.1. The van der Waals surface area contributed by atoms with E-state index in [9.17, 15) is 33.1 Å². The van der Waals surface area contributed by atoms with Crippen LogP contribution in [-0.4, -0.2) is 142 Å². The Morgan fingerprint density at radius 1 is 0.897 bits per heavy atom. The van der Waals surface area contributed by atoms with E-state index < -0.39 is 29.3 Å². The van der Waals surface area contributed by atoms with Gasteiger partial charge in [0, 0.05) is 107 Å². The molecule has 7 heterocycles. The van der Waals surface area contributed by atoms with Gasteiger partial charge in [-0.05, 0) is 68.9 Å². The van der Waals surface area contributed by atoms with Crippen LogP contribution in [0.15, 0.2) is 36.4 Å². The zero-order chi connectivity index (χ0) is 40.4. The highest BCUT2D eigenvalue weighted by Gasteiger charge is 2.42. The van der Waals surface area contributed by atoms with Crippen molar-refractivity contribution in [3.8, 4) is 17.0 Å². The first-order chi connectivity index (χ1) is 27.9. The number of anilines is 3. The second kappa shape index (κ2) is 15.0. The third-order valence-corrected chi connectivity index (χ3v) is 12.9. The Morgan fingerprint density at radius 3 is 2.43 bits per heavy atom. The molecule has 58 heavy (non-hydrogen) atoms. The first kappa shape index (κ1) is 38.0. The van der Waals surface area contributed by atoms with Crippen LogP contribution < -0.4 is 20.4 Å². The summed E-state index contributed by atoms with van der Waals surface area (Å²) in [6.45, 7) is 11.0. The first-order valence-electron chi connectivity index (χ1n) is 20.3. The van der Waals surface area contributed by atoms with Gasteiger partial charge in [0.25, 0.3) is 5.91 Å². The molecule has 0 aliphatic carbocycles. The molecule has 0 spiro atoms. The van der Waals surface area contributed by atoms with Crippen molar-refractivity contribution in [2.45, 2.75) is 70.2 Å². The first-order valence-corrected chi connectivity index (χ1v) is 20.3. The summed E-state index contributed by atoms with van der Waals surface area (Å²) < 4.78 is 28.2. The number of benzene rings is 2. The molecule has 17 heteroatoms. The van der Waals surface area contributed by atoms with Crippen molar-refractivity contribution in [1.82, 2.24) is 35.1 Å². The molecule has 0 bridgehead atoms. The zero-order valence-corrected chi connectivity index (χ0v) is 32.7. The van der Waals surface area contributed by atoms with Crippen molar-refractivity contribution in [3.05, 3.63) is 59.2 Å². The zero-order valence-electron chi connectivity index (χ0n) is 32.7. The van der Waals surface area contributed by atoms with Gasteiger partial charge in [-0.3, -0.25) is 24.6 Å². The van der Waals surface area contributed by atoms with Crippen LogP contribution in [0, 0.1) is 17.6 Å². The fourth-order valence-electron chi connectivity index (χ4n) is 9.95. The lowest BCUT2D eigenvalue weighted by Crippen LogP contribution is -2.65. The molecule has 0 saturated carbocycles. The minimum absolute atomic E-state index is 0.0279. The molecule has 4 saturated heterocycles. The molecule has 4 fully saturated rings. The molecule has 0 radical (unpaired) electrons. The maximum absolute atomic E-state index is 14.1. The molecule has 1 unspecified atom stereocenters. The van der Waals surface area contributed by atoms with Crippen LogP contribution in [0.5, 0.6) is 5.75 Å². The Hall–Kier alpha value is -5.58. The number of halogens is 2. The van der Waals surface area contributed by atoms with Crippen molar-refractivity contribution >= 4 is 40.9 Å². The highest BCUT2D eigenvalue weighted by molar-refractivity contribution is 6.05. The van der Waals surface area contributed by atoms with Crippen LogP contribution >= 0.6 is 0 Å². The molecule has 9 rings (SSSR count). The second-order valence-electron chi connectivity index (χ2n) is 16.7. The number of nitrogens with one attached hydrogen (secondary N) is 2. The molecule has 15 nitrogen and oxygen atoms in total. The summed E-state index contributed by atoms with van der Waals surface area (Å²) in [5, 5.41) is 24.3. The van der Waals surface area contributed by atoms with E-state index in [1.54, 1.807) is 11.0 Å². The van der Waals surface area contributed by atoms with Gasteiger partial charge in [-0.25, -0.2) is 13.6 Å². The molecule has 6 aliphatic rings. The van der Waals surface area contributed by atoms with Gasteiger partial charge < -0.3 is 34.9 Å². The van der Waals surface area contributed by atoms with Gasteiger partial charge in [0.05, 0.1) is 17.4 Å². The van der Waals surface area contributed by atoms with E-state index in [0.717, 1.165) is 62.9 Å². The Morgan fingerprint density at radius 2 is 1.67 bits per heavy atom. The fourth-order valence-corrected chi connectivity index (χ4v) is 9.95. The van der Waals surface area contributed by atoms with E-state index >= 15 is 0 Å². The number of carbonyl (C=O) groups is 4. The van der Waals surface area contributed by atoms with Crippen LogP contribution in [-0.2, 0) is 16.1 Å². The maximum Gasteiger partial charge on any atom is 0.320 e. The van der Waals surface area contributed by atoms with Gasteiger partial charge >= 0.3 is 6.03 Å². The molecule has 3 aromatic rings. The van der Waals surface area contributed by atoms with Crippen molar-refractivity contribution in [3.63, 3.8) is 0 Å². The average molecular weight is 799 g/mol. The molecule has 306 valence electrons. The quantitative estimate of drug-likeness (QED) is 0.326. The molecule has 4 atom stereocenters. The third-order valence-electron chi connectivity index (χ3n) is 12.9. The molecule has 2 aromatic carbocycles. The number of nitrogens with zero attached hydrogens (tertiary/aromatic N) is 8. The van der Waals surface area contributed by atoms with E-state index in [1.165, 1.54) is 0 Å². The number of hydrogen-bond donors (Lipinski definition) is 3. The number of fused-ring (bicyclic) bond motifs is 4. The number of hydrogen-bond acceptors (Lipinski definition) is 11. The number of piperazine rings is 2.